The lowest BCUT2D eigenvalue weighted by atomic mass is 10.1. The van der Waals surface area contributed by atoms with Gasteiger partial charge in [0.05, 0.1) is 0 Å². The second-order valence-corrected chi connectivity index (χ2v) is 8.37. The maximum absolute atomic E-state index is 12.2. The first-order valence-corrected chi connectivity index (χ1v) is 8.65. The van der Waals surface area contributed by atoms with Crippen molar-refractivity contribution < 1.29 is 28.6 Å². The van der Waals surface area contributed by atoms with Gasteiger partial charge in [-0.25, -0.2) is 0 Å². The SMILES string of the molecule is CC(=O)O[C@H]1C[C@@H](C(=O)OC(C)(C)C)N[C@H]1CCC(=O)OC(C)(C)C. The summed E-state index contributed by atoms with van der Waals surface area (Å²) in [6.07, 6.45) is 0.436. The van der Waals surface area contributed by atoms with E-state index in [-0.39, 0.29) is 24.4 Å². The molecule has 1 fully saturated rings. The zero-order valence-corrected chi connectivity index (χ0v) is 16.3. The summed E-state index contributed by atoms with van der Waals surface area (Å²) in [5.41, 5.74) is -1.14. The summed E-state index contributed by atoms with van der Waals surface area (Å²) >= 11 is 0. The van der Waals surface area contributed by atoms with Crippen molar-refractivity contribution in [1.29, 1.82) is 0 Å². The molecular formula is C18H31NO6. The molecule has 0 aliphatic carbocycles. The van der Waals surface area contributed by atoms with Crippen LogP contribution in [-0.4, -0.2) is 47.3 Å². The minimum absolute atomic E-state index is 0.174. The van der Waals surface area contributed by atoms with E-state index < -0.39 is 29.3 Å². The minimum Gasteiger partial charge on any atom is -0.461 e. The predicted molar refractivity (Wildman–Crippen MR) is 91.8 cm³/mol. The van der Waals surface area contributed by atoms with Crippen LogP contribution in [0.25, 0.3) is 0 Å². The summed E-state index contributed by atoms with van der Waals surface area (Å²) in [5, 5.41) is 3.13. The molecule has 0 bridgehead atoms. The normalized spacial score (nSPS) is 23.9. The highest BCUT2D eigenvalue weighted by atomic mass is 16.6. The highest BCUT2D eigenvalue weighted by Gasteiger charge is 2.41. The quantitative estimate of drug-likeness (QED) is 0.595. The zero-order valence-electron chi connectivity index (χ0n) is 16.3. The van der Waals surface area contributed by atoms with Gasteiger partial charge in [-0.15, -0.1) is 0 Å². The molecule has 0 radical (unpaired) electrons. The third-order valence-corrected chi connectivity index (χ3v) is 3.42. The van der Waals surface area contributed by atoms with E-state index in [4.69, 9.17) is 14.2 Å². The van der Waals surface area contributed by atoms with E-state index in [9.17, 15) is 14.4 Å². The lowest BCUT2D eigenvalue weighted by Gasteiger charge is -2.23. The summed E-state index contributed by atoms with van der Waals surface area (Å²) in [6.45, 7) is 12.1. The molecule has 1 aliphatic rings. The van der Waals surface area contributed by atoms with Crippen molar-refractivity contribution in [2.45, 2.75) is 97.1 Å². The molecule has 1 N–H and O–H groups in total. The van der Waals surface area contributed by atoms with Gasteiger partial charge in [0.1, 0.15) is 23.3 Å². The van der Waals surface area contributed by atoms with Crippen LogP contribution in [0.4, 0.5) is 0 Å². The summed E-state index contributed by atoms with van der Waals surface area (Å²) in [7, 11) is 0. The number of rotatable bonds is 5. The largest absolute Gasteiger partial charge is 0.461 e. The van der Waals surface area contributed by atoms with Gasteiger partial charge in [0.2, 0.25) is 0 Å². The van der Waals surface area contributed by atoms with E-state index in [2.05, 4.69) is 5.32 Å². The number of carbonyl (C=O) groups is 3. The molecule has 1 aliphatic heterocycles. The summed E-state index contributed by atoms with van der Waals surface area (Å²) in [6, 6.07) is -0.860. The maximum atomic E-state index is 12.2. The third kappa shape index (κ3) is 8.34. The van der Waals surface area contributed by atoms with E-state index in [1.165, 1.54) is 6.92 Å². The van der Waals surface area contributed by atoms with Gasteiger partial charge < -0.3 is 14.2 Å². The van der Waals surface area contributed by atoms with Crippen LogP contribution in [0.1, 0.15) is 67.7 Å². The Morgan fingerprint density at radius 3 is 2.04 bits per heavy atom. The van der Waals surface area contributed by atoms with Crippen molar-refractivity contribution in [3.05, 3.63) is 0 Å². The number of hydrogen-bond acceptors (Lipinski definition) is 7. The van der Waals surface area contributed by atoms with Gasteiger partial charge in [0.25, 0.3) is 0 Å². The second-order valence-electron chi connectivity index (χ2n) is 8.37. The highest BCUT2D eigenvalue weighted by Crippen LogP contribution is 2.24. The Hall–Kier alpha value is -1.63. The van der Waals surface area contributed by atoms with Crippen molar-refractivity contribution in [1.82, 2.24) is 5.32 Å². The van der Waals surface area contributed by atoms with Gasteiger partial charge >= 0.3 is 17.9 Å². The zero-order chi connectivity index (χ0) is 19.4. The summed E-state index contributed by atoms with van der Waals surface area (Å²) in [4.78, 5) is 35.5. The van der Waals surface area contributed by atoms with Crippen LogP contribution in [0.15, 0.2) is 0 Å². The molecule has 0 unspecified atom stereocenters. The van der Waals surface area contributed by atoms with Crippen LogP contribution in [-0.2, 0) is 28.6 Å². The smallest absolute Gasteiger partial charge is 0.323 e. The second kappa shape index (κ2) is 8.17. The molecule has 25 heavy (non-hydrogen) atoms. The topological polar surface area (TPSA) is 90.9 Å². The molecule has 7 heteroatoms. The predicted octanol–water partition coefficient (Wildman–Crippen LogP) is 2.11. The average Bonchev–Trinajstić information content (AvgIpc) is 2.74. The van der Waals surface area contributed by atoms with Crippen LogP contribution >= 0.6 is 0 Å². The molecule has 0 spiro atoms. The lowest BCUT2D eigenvalue weighted by Crippen LogP contribution is -2.41. The molecule has 0 aromatic rings. The molecule has 0 aromatic heterocycles. The molecule has 7 nitrogen and oxygen atoms in total. The number of nitrogens with one attached hydrogen (secondary N) is 1. The van der Waals surface area contributed by atoms with Crippen molar-refractivity contribution in [3.8, 4) is 0 Å². The van der Waals surface area contributed by atoms with Crippen LogP contribution in [0.5, 0.6) is 0 Å². The first-order chi connectivity index (χ1) is 11.3. The molecule has 0 saturated carbocycles. The fourth-order valence-corrected chi connectivity index (χ4v) is 2.65. The highest BCUT2D eigenvalue weighted by molar-refractivity contribution is 5.77. The van der Waals surface area contributed by atoms with Gasteiger partial charge in [-0.2, -0.15) is 0 Å². The van der Waals surface area contributed by atoms with E-state index in [1.807, 2.05) is 0 Å². The number of hydrogen-bond donors (Lipinski definition) is 1. The van der Waals surface area contributed by atoms with E-state index in [0.29, 0.717) is 12.8 Å². The van der Waals surface area contributed by atoms with E-state index >= 15 is 0 Å². The molecule has 1 rings (SSSR count). The van der Waals surface area contributed by atoms with Crippen molar-refractivity contribution in [2.24, 2.45) is 0 Å². The first kappa shape index (κ1) is 21.4. The Kier molecular flexibility index (Phi) is 6.99. The number of carbonyl (C=O) groups excluding carboxylic acids is 3. The van der Waals surface area contributed by atoms with E-state index in [1.54, 1.807) is 41.5 Å². The summed E-state index contributed by atoms with van der Waals surface area (Å²) in [5.74, 6) is -1.13. The van der Waals surface area contributed by atoms with Crippen molar-refractivity contribution in [3.63, 3.8) is 0 Å². The van der Waals surface area contributed by atoms with E-state index in [0.717, 1.165) is 0 Å². The Morgan fingerprint density at radius 1 is 1.00 bits per heavy atom. The fraction of sp³-hybridized carbons (Fsp3) is 0.833. The van der Waals surface area contributed by atoms with Gasteiger partial charge in [0, 0.05) is 25.8 Å². The Bertz CT molecular complexity index is 503. The molecule has 0 aromatic carbocycles. The standard InChI is InChI=1S/C18H31NO6/c1-11(20)23-14-10-13(16(22)25-18(5,6)7)19-12(14)8-9-15(21)24-17(2,3)4/h12-14,19H,8-10H2,1-7H3/t12-,13-,14-/m0/s1. The number of ether oxygens (including phenoxy) is 3. The Morgan fingerprint density at radius 2 is 1.56 bits per heavy atom. The number of esters is 3. The molecule has 0 amide bonds. The van der Waals surface area contributed by atoms with Crippen LogP contribution < -0.4 is 5.32 Å². The monoisotopic (exact) mass is 357 g/mol. The average molecular weight is 357 g/mol. The van der Waals surface area contributed by atoms with Gasteiger partial charge in [-0.1, -0.05) is 0 Å². The fourth-order valence-electron chi connectivity index (χ4n) is 2.65. The van der Waals surface area contributed by atoms with Crippen molar-refractivity contribution >= 4 is 17.9 Å². The van der Waals surface area contributed by atoms with Crippen LogP contribution in [0.3, 0.4) is 0 Å². The molecule has 1 saturated heterocycles. The minimum atomic E-state index is -0.593. The van der Waals surface area contributed by atoms with Gasteiger partial charge in [0.15, 0.2) is 0 Å². The first-order valence-electron chi connectivity index (χ1n) is 8.65. The van der Waals surface area contributed by atoms with Crippen LogP contribution in [0, 0.1) is 0 Å². The maximum Gasteiger partial charge on any atom is 0.323 e. The molecule has 144 valence electrons. The van der Waals surface area contributed by atoms with Crippen LogP contribution in [0.2, 0.25) is 0 Å². The molecule has 1 heterocycles. The Balaban J connectivity index is 2.66. The van der Waals surface area contributed by atoms with Gasteiger partial charge in [-0.05, 0) is 48.0 Å². The molecule has 3 atom stereocenters. The molecular weight excluding hydrogens is 326 g/mol. The Labute approximate surface area is 149 Å². The summed E-state index contributed by atoms with van der Waals surface area (Å²) < 4.78 is 16.0. The lowest BCUT2D eigenvalue weighted by molar-refractivity contribution is -0.158. The van der Waals surface area contributed by atoms with Gasteiger partial charge in [-0.3, -0.25) is 19.7 Å². The third-order valence-electron chi connectivity index (χ3n) is 3.42. The van der Waals surface area contributed by atoms with Crippen molar-refractivity contribution in [2.75, 3.05) is 0 Å².